The van der Waals surface area contributed by atoms with E-state index in [-0.39, 0.29) is 24.7 Å². The molecule has 0 aliphatic carbocycles. The summed E-state index contributed by atoms with van der Waals surface area (Å²) < 4.78 is 33.2. The summed E-state index contributed by atoms with van der Waals surface area (Å²) >= 11 is 0. The molecule has 1 N–H and O–H groups in total. The molecular formula is C15H27N5O4S. The van der Waals surface area contributed by atoms with Crippen molar-refractivity contribution in [3.8, 4) is 0 Å². The van der Waals surface area contributed by atoms with Crippen molar-refractivity contribution < 1.29 is 17.9 Å². The summed E-state index contributed by atoms with van der Waals surface area (Å²) in [5.41, 5.74) is 0. The van der Waals surface area contributed by atoms with Crippen molar-refractivity contribution in [1.82, 2.24) is 24.4 Å². The first-order valence-electron chi connectivity index (χ1n) is 8.55. The van der Waals surface area contributed by atoms with Crippen LogP contribution in [0.1, 0.15) is 31.4 Å². The summed E-state index contributed by atoms with van der Waals surface area (Å²) in [5.74, 6) is 1.39. The molecule has 0 saturated carbocycles. The van der Waals surface area contributed by atoms with Crippen molar-refractivity contribution in [3.05, 3.63) is 11.6 Å². The Morgan fingerprint density at radius 2 is 2.16 bits per heavy atom. The molecule has 1 unspecified atom stereocenters. The van der Waals surface area contributed by atoms with Crippen LogP contribution >= 0.6 is 0 Å². The van der Waals surface area contributed by atoms with Crippen molar-refractivity contribution >= 4 is 15.9 Å². The molecule has 2 heterocycles. The predicted molar refractivity (Wildman–Crippen MR) is 92.5 cm³/mol. The highest BCUT2D eigenvalue weighted by Gasteiger charge is 2.33. The number of aromatic nitrogens is 3. The Kier molecular flexibility index (Phi) is 6.91. The second kappa shape index (κ2) is 8.72. The largest absolute Gasteiger partial charge is 0.378 e. The van der Waals surface area contributed by atoms with E-state index in [2.05, 4.69) is 15.4 Å². The molecule has 10 heteroatoms. The summed E-state index contributed by atoms with van der Waals surface area (Å²) in [5, 5.41) is 7.05. The van der Waals surface area contributed by atoms with Gasteiger partial charge in [0, 0.05) is 19.5 Å². The average Bonchev–Trinajstić information content (AvgIpc) is 2.85. The summed E-state index contributed by atoms with van der Waals surface area (Å²) in [7, 11) is -3.34. The van der Waals surface area contributed by atoms with Crippen LogP contribution in [0.25, 0.3) is 0 Å². The monoisotopic (exact) mass is 373 g/mol. The SMILES string of the molecule is CCCS(=O)(=O)N1CCOCC1CC(=O)NCCn1nc(C)nc1C. The minimum atomic E-state index is -3.34. The van der Waals surface area contributed by atoms with Gasteiger partial charge in [-0.25, -0.2) is 18.1 Å². The highest BCUT2D eigenvalue weighted by molar-refractivity contribution is 7.89. The number of carbonyl (C=O) groups is 1. The van der Waals surface area contributed by atoms with Gasteiger partial charge in [-0.1, -0.05) is 6.92 Å². The number of nitrogens with zero attached hydrogens (tertiary/aromatic N) is 4. The maximum atomic E-state index is 12.3. The van der Waals surface area contributed by atoms with E-state index in [1.165, 1.54) is 4.31 Å². The van der Waals surface area contributed by atoms with E-state index < -0.39 is 16.1 Å². The van der Waals surface area contributed by atoms with Crippen molar-refractivity contribution in [2.75, 3.05) is 32.1 Å². The van der Waals surface area contributed by atoms with Gasteiger partial charge in [-0.15, -0.1) is 0 Å². The van der Waals surface area contributed by atoms with E-state index in [4.69, 9.17) is 4.74 Å². The lowest BCUT2D eigenvalue weighted by atomic mass is 10.2. The molecule has 1 fully saturated rings. The van der Waals surface area contributed by atoms with Crippen LogP contribution in [0.5, 0.6) is 0 Å². The molecule has 1 atom stereocenters. The van der Waals surface area contributed by atoms with Crippen LogP contribution in [0.2, 0.25) is 0 Å². The summed E-state index contributed by atoms with van der Waals surface area (Å²) in [6, 6.07) is -0.444. The Morgan fingerprint density at radius 1 is 1.40 bits per heavy atom. The molecule has 9 nitrogen and oxygen atoms in total. The Balaban J connectivity index is 1.86. The van der Waals surface area contributed by atoms with Gasteiger partial charge in [-0.3, -0.25) is 4.79 Å². The van der Waals surface area contributed by atoms with Crippen molar-refractivity contribution in [1.29, 1.82) is 0 Å². The van der Waals surface area contributed by atoms with Crippen LogP contribution in [0.15, 0.2) is 0 Å². The standard InChI is InChI=1S/C15H27N5O4S/c1-4-9-25(22,23)20-7-8-24-11-14(20)10-15(21)16-5-6-19-13(3)17-12(2)18-19/h14H,4-11H2,1-3H3,(H,16,21). The topological polar surface area (TPSA) is 106 Å². The summed E-state index contributed by atoms with van der Waals surface area (Å²) in [6.45, 7) is 7.36. The third kappa shape index (κ3) is 5.48. The molecule has 1 saturated heterocycles. The number of sulfonamides is 1. The number of hydrogen-bond donors (Lipinski definition) is 1. The lowest BCUT2D eigenvalue weighted by Crippen LogP contribution is -2.51. The minimum Gasteiger partial charge on any atom is -0.378 e. The van der Waals surface area contributed by atoms with Gasteiger partial charge in [0.25, 0.3) is 0 Å². The molecule has 0 bridgehead atoms. The number of rotatable bonds is 8. The highest BCUT2D eigenvalue weighted by Crippen LogP contribution is 2.16. The second-order valence-electron chi connectivity index (χ2n) is 6.14. The number of carbonyl (C=O) groups excluding carboxylic acids is 1. The molecule has 1 amide bonds. The maximum Gasteiger partial charge on any atom is 0.221 e. The van der Waals surface area contributed by atoms with E-state index in [0.717, 1.165) is 5.82 Å². The maximum absolute atomic E-state index is 12.3. The average molecular weight is 373 g/mol. The number of amides is 1. The third-order valence-electron chi connectivity index (χ3n) is 4.02. The number of aryl methyl sites for hydroxylation is 2. The fraction of sp³-hybridized carbons (Fsp3) is 0.800. The van der Waals surface area contributed by atoms with Gasteiger partial charge in [0.05, 0.1) is 31.6 Å². The van der Waals surface area contributed by atoms with Gasteiger partial charge >= 0.3 is 0 Å². The van der Waals surface area contributed by atoms with E-state index in [9.17, 15) is 13.2 Å². The van der Waals surface area contributed by atoms with E-state index >= 15 is 0 Å². The fourth-order valence-corrected chi connectivity index (χ4v) is 4.60. The van der Waals surface area contributed by atoms with Crippen LogP contribution in [-0.4, -0.2) is 71.5 Å². The number of ether oxygens (including phenoxy) is 1. The van der Waals surface area contributed by atoms with E-state index in [0.29, 0.717) is 38.5 Å². The van der Waals surface area contributed by atoms with E-state index in [1.807, 2.05) is 20.8 Å². The van der Waals surface area contributed by atoms with Crippen LogP contribution in [0.3, 0.4) is 0 Å². The number of nitrogens with one attached hydrogen (secondary N) is 1. The molecule has 1 aromatic rings. The van der Waals surface area contributed by atoms with Crippen molar-refractivity contribution in [2.24, 2.45) is 0 Å². The molecule has 142 valence electrons. The van der Waals surface area contributed by atoms with Crippen molar-refractivity contribution in [2.45, 2.75) is 46.2 Å². The van der Waals surface area contributed by atoms with Crippen LogP contribution in [-0.2, 0) is 26.1 Å². The highest BCUT2D eigenvalue weighted by atomic mass is 32.2. The van der Waals surface area contributed by atoms with Gasteiger partial charge in [0.2, 0.25) is 15.9 Å². The molecule has 25 heavy (non-hydrogen) atoms. The molecule has 1 aromatic heterocycles. The van der Waals surface area contributed by atoms with Gasteiger partial charge in [0.1, 0.15) is 11.6 Å². The van der Waals surface area contributed by atoms with Crippen LogP contribution in [0.4, 0.5) is 0 Å². The zero-order chi connectivity index (χ0) is 18.4. The summed E-state index contributed by atoms with van der Waals surface area (Å²) in [4.78, 5) is 16.4. The number of hydrogen-bond acceptors (Lipinski definition) is 6. The Morgan fingerprint density at radius 3 is 2.80 bits per heavy atom. The number of morpholine rings is 1. The first kappa shape index (κ1) is 19.8. The second-order valence-corrected chi connectivity index (χ2v) is 8.18. The lowest BCUT2D eigenvalue weighted by molar-refractivity contribution is -0.123. The van der Waals surface area contributed by atoms with Crippen molar-refractivity contribution in [3.63, 3.8) is 0 Å². The van der Waals surface area contributed by atoms with Crippen LogP contribution < -0.4 is 5.32 Å². The molecule has 0 radical (unpaired) electrons. The Hall–Kier alpha value is -1.52. The summed E-state index contributed by atoms with van der Waals surface area (Å²) in [6.07, 6.45) is 0.646. The molecule has 2 rings (SSSR count). The Bertz CT molecular complexity index is 688. The fourth-order valence-electron chi connectivity index (χ4n) is 2.90. The molecule has 0 aromatic carbocycles. The molecular weight excluding hydrogens is 346 g/mol. The molecule has 0 spiro atoms. The van der Waals surface area contributed by atoms with E-state index in [1.54, 1.807) is 4.68 Å². The quantitative estimate of drug-likeness (QED) is 0.679. The zero-order valence-corrected chi connectivity index (χ0v) is 15.9. The van der Waals surface area contributed by atoms with Gasteiger partial charge in [-0.05, 0) is 20.3 Å². The van der Waals surface area contributed by atoms with Crippen LogP contribution in [0, 0.1) is 13.8 Å². The van der Waals surface area contributed by atoms with Gasteiger partial charge in [0.15, 0.2) is 0 Å². The van der Waals surface area contributed by atoms with Gasteiger partial charge < -0.3 is 10.1 Å². The van der Waals surface area contributed by atoms with Gasteiger partial charge in [-0.2, -0.15) is 9.40 Å². The normalized spacial score (nSPS) is 19.1. The zero-order valence-electron chi connectivity index (χ0n) is 15.1. The predicted octanol–water partition coefficient (Wildman–Crippen LogP) is -0.158. The first-order valence-corrected chi connectivity index (χ1v) is 10.2. The third-order valence-corrected chi connectivity index (χ3v) is 6.14. The molecule has 1 aliphatic heterocycles. The molecule has 1 aliphatic rings. The smallest absolute Gasteiger partial charge is 0.221 e. The lowest BCUT2D eigenvalue weighted by Gasteiger charge is -2.34. The Labute approximate surface area is 148 Å². The minimum absolute atomic E-state index is 0.0933. The first-order chi connectivity index (χ1) is 11.8.